The maximum Gasteiger partial charge on any atom is 0.0357 e. The molecular formula is C12H15N. The van der Waals surface area contributed by atoms with Crippen LogP contribution in [-0.2, 0) is 0 Å². The zero-order valence-electron chi connectivity index (χ0n) is 7.79. The van der Waals surface area contributed by atoms with Gasteiger partial charge in [0.25, 0.3) is 0 Å². The van der Waals surface area contributed by atoms with Crippen LogP contribution in [0.1, 0.15) is 24.4 Å². The smallest absolute Gasteiger partial charge is 0.0357 e. The molecule has 1 heterocycles. The predicted octanol–water partition coefficient (Wildman–Crippen LogP) is 2.67. The summed E-state index contributed by atoms with van der Waals surface area (Å²) >= 11 is 0. The summed E-state index contributed by atoms with van der Waals surface area (Å²) in [5, 5.41) is 3.50. The van der Waals surface area contributed by atoms with Gasteiger partial charge in [-0.25, -0.2) is 0 Å². The average molecular weight is 173 g/mol. The summed E-state index contributed by atoms with van der Waals surface area (Å²) in [6.45, 7) is 5.12. The molecule has 0 spiro atoms. The van der Waals surface area contributed by atoms with Crippen LogP contribution < -0.4 is 5.32 Å². The van der Waals surface area contributed by atoms with Gasteiger partial charge in [-0.05, 0) is 24.9 Å². The number of hydrogen-bond donors (Lipinski definition) is 1. The molecule has 1 fully saturated rings. The molecule has 0 bridgehead atoms. The van der Waals surface area contributed by atoms with Gasteiger partial charge in [0, 0.05) is 6.04 Å². The molecule has 1 saturated heterocycles. The molecule has 0 aromatic heterocycles. The van der Waals surface area contributed by atoms with Crippen molar-refractivity contribution in [2.75, 3.05) is 6.54 Å². The number of piperidine rings is 1. The zero-order chi connectivity index (χ0) is 9.10. The van der Waals surface area contributed by atoms with Gasteiger partial charge in [-0.2, -0.15) is 0 Å². The van der Waals surface area contributed by atoms with E-state index in [4.69, 9.17) is 0 Å². The number of benzene rings is 1. The standard InChI is InChI=1S/C12H15N/c1-10-7-8-13-12(9-10)11-5-3-2-4-6-11/h2-6,12-13H,1,7-9H2. The SMILES string of the molecule is C=C1CCNC(c2ccccc2)C1. The molecule has 13 heavy (non-hydrogen) atoms. The third-order valence-electron chi connectivity index (χ3n) is 2.56. The van der Waals surface area contributed by atoms with Crippen LogP contribution in [0.5, 0.6) is 0 Å². The Morgan fingerprint density at radius 2 is 2.00 bits per heavy atom. The van der Waals surface area contributed by atoms with Crippen molar-refractivity contribution in [1.82, 2.24) is 5.32 Å². The molecule has 1 heteroatoms. The van der Waals surface area contributed by atoms with Crippen LogP contribution in [0.3, 0.4) is 0 Å². The Labute approximate surface area is 79.5 Å². The highest BCUT2D eigenvalue weighted by molar-refractivity contribution is 5.22. The van der Waals surface area contributed by atoms with E-state index in [0.717, 1.165) is 19.4 Å². The third kappa shape index (κ3) is 1.99. The Hall–Kier alpha value is -1.08. The van der Waals surface area contributed by atoms with E-state index in [9.17, 15) is 0 Å². The van der Waals surface area contributed by atoms with Crippen molar-refractivity contribution in [3.8, 4) is 0 Å². The topological polar surface area (TPSA) is 12.0 Å². The van der Waals surface area contributed by atoms with Crippen LogP contribution in [0.4, 0.5) is 0 Å². The van der Waals surface area contributed by atoms with Gasteiger partial charge < -0.3 is 5.32 Å². The first-order valence-corrected chi connectivity index (χ1v) is 4.81. The van der Waals surface area contributed by atoms with Gasteiger partial charge in [0.1, 0.15) is 0 Å². The van der Waals surface area contributed by atoms with E-state index in [0.29, 0.717) is 6.04 Å². The third-order valence-corrected chi connectivity index (χ3v) is 2.56. The van der Waals surface area contributed by atoms with Crippen molar-refractivity contribution in [3.05, 3.63) is 48.0 Å². The van der Waals surface area contributed by atoms with E-state index in [1.165, 1.54) is 11.1 Å². The lowest BCUT2D eigenvalue weighted by Crippen LogP contribution is -2.27. The second-order valence-corrected chi connectivity index (χ2v) is 3.62. The highest BCUT2D eigenvalue weighted by Gasteiger charge is 2.15. The molecule has 1 atom stereocenters. The maximum atomic E-state index is 4.05. The van der Waals surface area contributed by atoms with Crippen molar-refractivity contribution in [1.29, 1.82) is 0 Å². The largest absolute Gasteiger partial charge is 0.309 e. The molecule has 1 aromatic rings. The van der Waals surface area contributed by atoms with Crippen molar-refractivity contribution in [2.45, 2.75) is 18.9 Å². The van der Waals surface area contributed by atoms with Gasteiger partial charge in [0.15, 0.2) is 0 Å². The van der Waals surface area contributed by atoms with Gasteiger partial charge in [-0.15, -0.1) is 0 Å². The van der Waals surface area contributed by atoms with E-state index >= 15 is 0 Å². The first-order valence-electron chi connectivity index (χ1n) is 4.81. The second kappa shape index (κ2) is 3.75. The second-order valence-electron chi connectivity index (χ2n) is 3.62. The average Bonchev–Trinajstić information content (AvgIpc) is 2.19. The fourth-order valence-electron chi connectivity index (χ4n) is 1.81. The predicted molar refractivity (Wildman–Crippen MR) is 55.6 cm³/mol. The fourth-order valence-corrected chi connectivity index (χ4v) is 1.81. The van der Waals surface area contributed by atoms with Crippen molar-refractivity contribution >= 4 is 0 Å². The molecule has 0 radical (unpaired) electrons. The summed E-state index contributed by atoms with van der Waals surface area (Å²) in [4.78, 5) is 0. The van der Waals surface area contributed by atoms with Gasteiger partial charge in [0.2, 0.25) is 0 Å². The van der Waals surface area contributed by atoms with Crippen LogP contribution in [0.2, 0.25) is 0 Å². The molecule has 1 aromatic carbocycles. The van der Waals surface area contributed by atoms with Crippen LogP contribution in [0.15, 0.2) is 42.5 Å². The van der Waals surface area contributed by atoms with E-state index in [-0.39, 0.29) is 0 Å². The van der Waals surface area contributed by atoms with Crippen molar-refractivity contribution in [2.24, 2.45) is 0 Å². The summed E-state index contributed by atoms with van der Waals surface area (Å²) in [7, 11) is 0. The molecule has 1 aliphatic heterocycles. The number of rotatable bonds is 1. The Morgan fingerprint density at radius 1 is 1.23 bits per heavy atom. The Kier molecular flexibility index (Phi) is 2.46. The first-order chi connectivity index (χ1) is 6.36. The molecule has 1 unspecified atom stereocenters. The van der Waals surface area contributed by atoms with E-state index in [1.807, 2.05) is 0 Å². The Morgan fingerprint density at radius 3 is 2.69 bits per heavy atom. The van der Waals surface area contributed by atoms with Gasteiger partial charge in [-0.1, -0.05) is 42.5 Å². The van der Waals surface area contributed by atoms with E-state index < -0.39 is 0 Å². The lowest BCUT2D eigenvalue weighted by molar-refractivity contribution is 0.481. The van der Waals surface area contributed by atoms with Crippen molar-refractivity contribution in [3.63, 3.8) is 0 Å². The molecule has 1 N–H and O–H groups in total. The molecule has 1 nitrogen and oxygen atoms in total. The number of nitrogens with one attached hydrogen (secondary N) is 1. The molecular weight excluding hydrogens is 158 g/mol. The zero-order valence-corrected chi connectivity index (χ0v) is 7.79. The maximum absolute atomic E-state index is 4.05. The van der Waals surface area contributed by atoms with Gasteiger partial charge >= 0.3 is 0 Å². The summed E-state index contributed by atoms with van der Waals surface area (Å²) in [5.41, 5.74) is 2.75. The fraction of sp³-hybridized carbons (Fsp3) is 0.333. The van der Waals surface area contributed by atoms with E-state index in [1.54, 1.807) is 0 Å². The first kappa shape index (κ1) is 8.52. The summed E-state index contributed by atoms with van der Waals surface area (Å²) in [5.74, 6) is 0. The summed E-state index contributed by atoms with van der Waals surface area (Å²) < 4.78 is 0. The van der Waals surface area contributed by atoms with Gasteiger partial charge in [-0.3, -0.25) is 0 Å². The molecule has 2 rings (SSSR count). The molecule has 0 aliphatic carbocycles. The Bertz CT molecular complexity index is 289. The summed E-state index contributed by atoms with van der Waals surface area (Å²) in [6.07, 6.45) is 2.22. The minimum absolute atomic E-state index is 0.488. The minimum atomic E-state index is 0.488. The van der Waals surface area contributed by atoms with Crippen molar-refractivity contribution < 1.29 is 0 Å². The molecule has 68 valence electrons. The van der Waals surface area contributed by atoms with Crippen LogP contribution in [-0.4, -0.2) is 6.54 Å². The van der Waals surface area contributed by atoms with E-state index in [2.05, 4.69) is 42.2 Å². The monoisotopic (exact) mass is 173 g/mol. The van der Waals surface area contributed by atoms with Gasteiger partial charge in [0.05, 0.1) is 0 Å². The van der Waals surface area contributed by atoms with Crippen LogP contribution in [0.25, 0.3) is 0 Å². The Balaban J connectivity index is 2.13. The highest BCUT2D eigenvalue weighted by Crippen LogP contribution is 2.24. The van der Waals surface area contributed by atoms with Crippen LogP contribution >= 0.6 is 0 Å². The highest BCUT2D eigenvalue weighted by atomic mass is 14.9. The molecule has 1 aliphatic rings. The van der Waals surface area contributed by atoms with Crippen LogP contribution in [0, 0.1) is 0 Å². The quantitative estimate of drug-likeness (QED) is 0.644. The molecule has 0 amide bonds. The minimum Gasteiger partial charge on any atom is -0.309 e. The normalized spacial score (nSPS) is 23.1. The molecule has 0 saturated carbocycles. The lowest BCUT2D eigenvalue weighted by atomic mass is 9.95. The lowest BCUT2D eigenvalue weighted by Gasteiger charge is -2.25. The number of hydrogen-bond acceptors (Lipinski definition) is 1. The summed E-state index contributed by atoms with van der Waals surface area (Å²) in [6, 6.07) is 11.1.